The average molecular weight is 489 g/mol. The van der Waals surface area contributed by atoms with Crippen LogP contribution in [0.4, 0.5) is 24.5 Å². The van der Waals surface area contributed by atoms with E-state index in [9.17, 15) is 22.8 Å². The van der Waals surface area contributed by atoms with Gasteiger partial charge < -0.3 is 19.9 Å². The summed E-state index contributed by atoms with van der Waals surface area (Å²) in [6.07, 6.45) is -4.39. The summed E-state index contributed by atoms with van der Waals surface area (Å²) in [5.74, 6) is -0.874. The lowest BCUT2D eigenvalue weighted by molar-refractivity contribution is -0.137. The number of ether oxygens (including phenoxy) is 1. The van der Waals surface area contributed by atoms with Crippen molar-refractivity contribution in [1.82, 2.24) is 9.88 Å². The minimum absolute atomic E-state index is 0.169. The maximum atomic E-state index is 13.2. The zero-order chi connectivity index (χ0) is 25.3. The Labute approximate surface area is 200 Å². The van der Waals surface area contributed by atoms with E-state index < -0.39 is 23.8 Å². The smallest absolute Gasteiger partial charge is 0.416 e. The van der Waals surface area contributed by atoms with Crippen molar-refractivity contribution in [2.45, 2.75) is 26.1 Å². The van der Waals surface area contributed by atoms with Gasteiger partial charge in [-0.2, -0.15) is 13.2 Å². The number of aromatic amines is 1. The van der Waals surface area contributed by atoms with E-state index in [-0.39, 0.29) is 11.6 Å². The van der Waals surface area contributed by atoms with Crippen molar-refractivity contribution >= 4 is 34.2 Å². The van der Waals surface area contributed by atoms with Gasteiger partial charge in [0.15, 0.2) is 0 Å². The number of nitrogens with one attached hydrogen (secondary N) is 2. The number of fused-ring (bicyclic) bond motifs is 1. The molecule has 2 heterocycles. The Hall–Kier alpha value is -3.53. The van der Waals surface area contributed by atoms with Crippen molar-refractivity contribution in [3.8, 4) is 0 Å². The average Bonchev–Trinajstić information content (AvgIpc) is 3.20. The second kappa shape index (κ2) is 9.61. The quantitative estimate of drug-likeness (QED) is 0.520. The predicted molar refractivity (Wildman–Crippen MR) is 128 cm³/mol. The Morgan fingerprint density at radius 2 is 1.80 bits per heavy atom. The largest absolute Gasteiger partial charge is 0.464 e. The Kier molecular flexibility index (Phi) is 6.75. The van der Waals surface area contributed by atoms with Gasteiger partial charge in [-0.25, -0.2) is 4.79 Å². The van der Waals surface area contributed by atoms with Crippen molar-refractivity contribution in [1.29, 1.82) is 0 Å². The van der Waals surface area contributed by atoms with Crippen LogP contribution in [0.5, 0.6) is 0 Å². The first-order valence-corrected chi connectivity index (χ1v) is 11.3. The lowest BCUT2D eigenvalue weighted by atomic mass is 10.1. The molecule has 4 rings (SSSR count). The molecule has 1 amide bonds. The summed E-state index contributed by atoms with van der Waals surface area (Å²) in [4.78, 5) is 32.3. The van der Waals surface area contributed by atoms with E-state index in [2.05, 4.69) is 10.3 Å². The number of hydrogen-bond donors (Lipinski definition) is 2. The maximum Gasteiger partial charge on any atom is 0.416 e. The molecule has 1 fully saturated rings. The molecule has 1 aliphatic rings. The lowest BCUT2D eigenvalue weighted by Crippen LogP contribution is -2.52. The van der Waals surface area contributed by atoms with E-state index in [0.29, 0.717) is 48.5 Å². The number of carbonyl (C=O) groups is 2. The van der Waals surface area contributed by atoms with Gasteiger partial charge in [-0.15, -0.1) is 0 Å². The minimum atomic E-state index is -4.39. The van der Waals surface area contributed by atoms with Crippen LogP contribution in [0.1, 0.15) is 28.5 Å². The normalized spacial score (nSPS) is 15.8. The number of alkyl halides is 3. The SMILES string of the molecule is COC(=O)c1[nH]c2ccc(C)cc2c1NC(=O)C(C)N1CCN(c2cccc(C(F)(F)F)c2)CC1. The van der Waals surface area contributed by atoms with Crippen LogP contribution in [0.15, 0.2) is 42.5 Å². The number of anilines is 2. The van der Waals surface area contributed by atoms with E-state index in [1.54, 1.807) is 13.0 Å². The number of aromatic nitrogens is 1. The van der Waals surface area contributed by atoms with Crippen LogP contribution < -0.4 is 10.2 Å². The van der Waals surface area contributed by atoms with Crippen LogP contribution in [0.2, 0.25) is 0 Å². The van der Waals surface area contributed by atoms with Crippen molar-refractivity contribution in [2.24, 2.45) is 0 Å². The fourth-order valence-electron chi connectivity index (χ4n) is 4.33. The lowest BCUT2D eigenvalue weighted by Gasteiger charge is -2.38. The summed E-state index contributed by atoms with van der Waals surface area (Å²) < 4.78 is 44.1. The fraction of sp³-hybridized carbons (Fsp3) is 0.360. The van der Waals surface area contributed by atoms with Crippen LogP contribution >= 0.6 is 0 Å². The molecule has 0 spiro atoms. The van der Waals surface area contributed by atoms with E-state index >= 15 is 0 Å². The third-order valence-electron chi connectivity index (χ3n) is 6.37. The molecule has 186 valence electrons. The molecule has 2 aromatic carbocycles. The monoisotopic (exact) mass is 488 g/mol. The highest BCUT2D eigenvalue weighted by Crippen LogP contribution is 2.32. The molecule has 35 heavy (non-hydrogen) atoms. The molecule has 7 nitrogen and oxygen atoms in total. The fourth-order valence-corrected chi connectivity index (χ4v) is 4.33. The highest BCUT2D eigenvalue weighted by atomic mass is 19.4. The second-order valence-electron chi connectivity index (χ2n) is 8.65. The molecule has 1 atom stereocenters. The van der Waals surface area contributed by atoms with Crippen LogP contribution in [-0.4, -0.2) is 61.1 Å². The number of aryl methyl sites for hydroxylation is 1. The number of methoxy groups -OCH3 is 1. The number of nitrogens with zero attached hydrogens (tertiary/aromatic N) is 2. The number of benzene rings is 2. The van der Waals surface area contributed by atoms with Gasteiger partial charge >= 0.3 is 12.1 Å². The van der Waals surface area contributed by atoms with Crippen molar-refractivity contribution in [2.75, 3.05) is 43.5 Å². The molecule has 0 aliphatic carbocycles. The highest BCUT2D eigenvalue weighted by Gasteiger charge is 2.32. The molecule has 2 N–H and O–H groups in total. The van der Waals surface area contributed by atoms with Gasteiger partial charge in [0.05, 0.1) is 24.4 Å². The second-order valence-corrected chi connectivity index (χ2v) is 8.65. The zero-order valence-corrected chi connectivity index (χ0v) is 19.7. The number of H-pyrrole nitrogens is 1. The number of hydrogen-bond acceptors (Lipinski definition) is 5. The molecule has 0 radical (unpaired) electrons. The van der Waals surface area contributed by atoms with Crippen LogP contribution in [0.3, 0.4) is 0 Å². The first kappa shape index (κ1) is 24.6. The third kappa shape index (κ3) is 5.12. The van der Waals surface area contributed by atoms with Crippen molar-refractivity contribution in [3.05, 3.63) is 59.3 Å². The zero-order valence-electron chi connectivity index (χ0n) is 19.7. The van der Waals surface area contributed by atoms with Gasteiger partial charge in [-0.3, -0.25) is 9.69 Å². The molecule has 1 aliphatic heterocycles. The Bertz CT molecular complexity index is 1250. The molecule has 1 aromatic heterocycles. The number of amides is 1. The summed E-state index contributed by atoms with van der Waals surface area (Å²) in [5.41, 5.74) is 2.04. The molecule has 3 aromatic rings. The molecule has 10 heteroatoms. The number of rotatable bonds is 5. The number of piperazine rings is 1. The van der Waals surface area contributed by atoms with E-state index in [1.165, 1.54) is 13.2 Å². The van der Waals surface area contributed by atoms with E-state index in [0.717, 1.165) is 17.7 Å². The van der Waals surface area contributed by atoms with Gasteiger partial charge in [0, 0.05) is 42.8 Å². The number of halogens is 3. The van der Waals surface area contributed by atoms with Gasteiger partial charge in [-0.1, -0.05) is 17.7 Å². The van der Waals surface area contributed by atoms with Gasteiger partial charge in [-0.05, 0) is 44.2 Å². The molecule has 0 saturated carbocycles. The molecular formula is C25H27F3N4O3. The highest BCUT2D eigenvalue weighted by molar-refractivity contribution is 6.11. The van der Waals surface area contributed by atoms with Crippen LogP contribution in [0, 0.1) is 6.92 Å². The predicted octanol–water partition coefficient (Wildman–Crippen LogP) is 4.43. The van der Waals surface area contributed by atoms with E-state index in [4.69, 9.17) is 4.74 Å². The topological polar surface area (TPSA) is 77.7 Å². The molecule has 1 unspecified atom stereocenters. The standard InChI is InChI=1S/C25H27F3N4O3/c1-15-7-8-20-19(13-15)21(22(29-20)24(34)35-3)30-23(33)16(2)31-9-11-32(12-10-31)18-6-4-5-17(14-18)25(26,27)28/h4-8,13-14,16,29H,9-12H2,1-3H3,(H,30,33). The first-order valence-electron chi connectivity index (χ1n) is 11.3. The van der Waals surface area contributed by atoms with Gasteiger partial charge in [0.1, 0.15) is 5.69 Å². The molecule has 0 bridgehead atoms. The Balaban J connectivity index is 1.46. The minimum Gasteiger partial charge on any atom is -0.464 e. The summed E-state index contributed by atoms with van der Waals surface area (Å²) >= 11 is 0. The summed E-state index contributed by atoms with van der Waals surface area (Å²) in [5, 5.41) is 3.60. The number of carbonyl (C=O) groups excluding carboxylic acids is 2. The van der Waals surface area contributed by atoms with Crippen molar-refractivity contribution in [3.63, 3.8) is 0 Å². The first-order chi connectivity index (χ1) is 16.6. The Morgan fingerprint density at radius 3 is 2.46 bits per heavy atom. The summed E-state index contributed by atoms with van der Waals surface area (Å²) in [7, 11) is 1.28. The molecular weight excluding hydrogens is 461 g/mol. The maximum absolute atomic E-state index is 13.2. The third-order valence-corrected chi connectivity index (χ3v) is 6.37. The summed E-state index contributed by atoms with van der Waals surface area (Å²) in [6, 6.07) is 10.4. The van der Waals surface area contributed by atoms with E-state index in [1.807, 2.05) is 34.9 Å². The van der Waals surface area contributed by atoms with Crippen LogP contribution in [0.25, 0.3) is 10.9 Å². The molecule has 1 saturated heterocycles. The van der Waals surface area contributed by atoms with Crippen molar-refractivity contribution < 1.29 is 27.5 Å². The van der Waals surface area contributed by atoms with Gasteiger partial charge in [0.25, 0.3) is 0 Å². The van der Waals surface area contributed by atoms with Gasteiger partial charge in [0.2, 0.25) is 5.91 Å². The Morgan fingerprint density at radius 1 is 1.09 bits per heavy atom. The number of esters is 1. The summed E-state index contributed by atoms with van der Waals surface area (Å²) in [6.45, 7) is 5.66. The van der Waals surface area contributed by atoms with Crippen LogP contribution in [-0.2, 0) is 15.7 Å².